The molecular weight excluding hydrogens is 220 g/mol. The van der Waals surface area contributed by atoms with Crippen LogP contribution in [0.1, 0.15) is 16.7 Å². The fourth-order valence-electron chi connectivity index (χ4n) is 1.75. The summed E-state index contributed by atoms with van der Waals surface area (Å²) in [6, 6.07) is 3.96. The van der Waals surface area contributed by atoms with E-state index < -0.39 is 0 Å². The Bertz CT molecular complexity index is 382. The van der Waals surface area contributed by atoms with Gasteiger partial charge in [-0.15, -0.1) is 0 Å². The molecule has 0 aromatic heterocycles. The van der Waals surface area contributed by atoms with Gasteiger partial charge in [-0.3, -0.25) is 10.2 Å². The zero-order valence-corrected chi connectivity index (χ0v) is 10.4. The van der Waals surface area contributed by atoms with Crippen molar-refractivity contribution in [3.63, 3.8) is 0 Å². The van der Waals surface area contributed by atoms with E-state index in [4.69, 9.17) is 15.3 Å². The second kappa shape index (κ2) is 6.22. The van der Waals surface area contributed by atoms with Gasteiger partial charge in [-0.1, -0.05) is 12.1 Å². The number of nitrogens with one attached hydrogen (secondary N) is 1. The van der Waals surface area contributed by atoms with Gasteiger partial charge in [0.15, 0.2) is 0 Å². The van der Waals surface area contributed by atoms with Crippen molar-refractivity contribution in [2.45, 2.75) is 20.5 Å². The van der Waals surface area contributed by atoms with E-state index >= 15 is 0 Å². The van der Waals surface area contributed by atoms with Gasteiger partial charge in [0.05, 0.1) is 13.7 Å². The Kier molecular flexibility index (Phi) is 4.93. The zero-order valence-electron chi connectivity index (χ0n) is 10.4. The lowest BCUT2D eigenvalue weighted by molar-refractivity contribution is -0.126. The van der Waals surface area contributed by atoms with Crippen LogP contribution in [-0.4, -0.2) is 19.6 Å². The summed E-state index contributed by atoms with van der Waals surface area (Å²) in [6.07, 6.45) is 0. The minimum Gasteiger partial charge on any atom is -0.496 e. The van der Waals surface area contributed by atoms with Gasteiger partial charge in [-0.05, 0) is 30.5 Å². The van der Waals surface area contributed by atoms with E-state index in [9.17, 15) is 4.79 Å². The predicted molar refractivity (Wildman–Crippen MR) is 64.5 cm³/mol. The summed E-state index contributed by atoms with van der Waals surface area (Å²) in [5.41, 5.74) is 5.11. The van der Waals surface area contributed by atoms with Crippen LogP contribution < -0.4 is 16.0 Å². The van der Waals surface area contributed by atoms with Gasteiger partial charge in [0.1, 0.15) is 12.4 Å². The topological polar surface area (TPSA) is 73.6 Å². The van der Waals surface area contributed by atoms with Gasteiger partial charge in [0, 0.05) is 0 Å². The first kappa shape index (κ1) is 13.5. The van der Waals surface area contributed by atoms with Crippen LogP contribution in [0.3, 0.4) is 0 Å². The molecule has 17 heavy (non-hydrogen) atoms. The van der Waals surface area contributed by atoms with Crippen molar-refractivity contribution in [2.24, 2.45) is 5.84 Å². The van der Waals surface area contributed by atoms with Gasteiger partial charge < -0.3 is 9.47 Å². The quantitative estimate of drug-likeness (QED) is 0.452. The average Bonchev–Trinajstić information content (AvgIpc) is 2.28. The molecule has 0 unspecified atom stereocenters. The maximum absolute atomic E-state index is 10.9. The fourth-order valence-corrected chi connectivity index (χ4v) is 1.75. The Morgan fingerprint density at radius 2 is 1.94 bits per heavy atom. The molecule has 94 valence electrons. The number of benzene rings is 1. The molecule has 0 aliphatic heterocycles. The van der Waals surface area contributed by atoms with E-state index in [0.29, 0.717) is 6.61 Å². The molecule has 0 bridgehead atoms. The number of hydrogen-bond donors (Lipinski definition) is 2. The first-order chi connectivity index (χ1) is 8.08. The molecule has 0 spiro atoms. The third kappa shape index (κ3) is 3.72. The third-order valence-electron chi connectivity index (χ3n) is 2.39. The van der Waals surface area contributed by atoms with Crippen LogP contribution >= 0.6 is 0 Å². The maximum Gasteiger partial charge on any atom is 0.259 e. The van der Waals surface area contributed by atoms with Gasteiger partial charge in [-0.2, -0.15) is 0 Å². The minimum atomic E-state index is -0.341. The lowest BCUT2D eigenvalue weighted by Crippen LogP contribution is -2.33. The number of amides is 1. The second-order valence-corrected chi connectivity index (χ2v) is 3.82. The highest BCUT2D eigenvalue weighted by atomic mass is 16.5. The summed E-state index contributed by atoms with van der Waals surface area (Å²) in [4.78, 5) is 10.9. The number of methoxy groups -OCH3 is 1. The summed E-state index contributed by atoms with van der Waals surface area (Å²) in [5.74, 6) is 5.48. The summed E-state index contributed by atoms with van der Waals surface area (Å²) in [7, 11) is 1.65. The van der Waals surface area contributed by atoms with Gasteiger partial charge in [0.2, 0.25) is 0 Å². The smallest absolute Gasteiger partial charge is 0.259 e. The Balaban J connectivity index is 2.64. The molecule has 0 fully saturated rings. The monoisotopic (exact) mass is 238 g/mol. The van der Waals surface area contributed by atoms with Crippen LogP contribution in [0.2, 0.25) is 0 Å². The number of aryl methyl sites for hydroxylation is 2. The third-order valence-corrected chi connectivity index (χ3v) is 2.39. The molecule has 1 aromatic carbocycles. The van der Waals surface area contributed by atoms with Crippen LogP contribution in [0.4, 0.5) is 0 Å². The van der Waals surface area contributed by atoms with Gasteiger partial charge in [0.25, 0.3) is 5.91 Å². The number of nitrogens with two attached hydrogens (primary N) is 1. The van der Waals surface area contributed by atoms with E-state index in [1.807, 2.05) is 31.4 Å². The maximum atomic E-state index is 10.9. The number of hydrogen-bond acceptors (Lipinski definition) is 4. The van der Waals surface area contributed by atoms with Crippen molar-refractivity contribution in [1.82, 2.24) is 5.43 Å². The van der Waals surface area contributed by atoms with Gasteiger partial charge in [-0.25, -0.2) is 5.84 Å². The summed E-state index contributed by atoms with van der Waals surface area (Å²) >= 11 is 0. The van der Waals surface area contributed by atoms with Gasteiger partial charge >= 0.3 is 0 Å². The van der Waals surface area contributed by atoms with Crippen LogP contribution in [0, 0.1) is 13.8 Å². The Morgan fingerprint density at radius 1 is 1.35 bits per heavy atom. The summed E-state index contributed by atoms with van der Waals surface area (Å²) in [5, 5.41) is 0. The summed E-state index contributed by atoms with van der Waals surface area (Å²) < 4.78 is 10.5. The summed E-state index contributed by atoms with van der Waals surface area (Å²) in [6.45, 7) is 4.28. The number of hydrazine groups is 1. The van der Waals surface area contributed by atoms with Crippen molar-refractivity contribution < 1.29 is 14.3 Å². The average molecular weight is 238 g/mol. The van der Waals surface area contributed by atoms with Crippen molar-refractivity contribution in [3.8, 4) is 5.75 Å². The second-order valence-electron chi connectivity index (χ2n) is 3.82. The van der Waals surface area contributed by atoms with Crippen molar-refractivity contribution in [1.29, 1.82) is 0 Å². The molecule has 0 heterocycles. The predicted octanol–water partition coefficient (Wildman–Crippen LogP) is 0.819. The lowest BCUT2D eigenvalue weighted by atomic mass is 10.1. The molecule has 5 heteroatoms. The molecule has 0 radical (unpaired) electrons. The normalized spacial score (nSPS) is 10.1. The first-order valence-electron chi connectivity index (χ1n) is 5.29. The van der Waals surface area contributed by atoms with E-state index in [-0.39, 0.29) is 12.5 Å². The highest BCUT2D eigenvalue weighted by Crippen LogP contribution is 2.24. The van der Waals surface area contributed by atoms with Crippen molar-refractivity contribution in [3.05, 3.63) is 28.8 Å². The molecule has 0 atom stereocenters. The van der Waals surface area contributed by atoms with E-state index in [1.165, 1.54) is 0 Å². The first-order valence-corrected chi connectivity index (χ1v) is 5.29. The Hall–Kier alpha value is -1.59. The van der Waals surface area contributed by atoms with E-state index in [1.54, 1.807) is 7.11 Å². The molecule has 0 aliphatic carbocycles. The SMILES string of the molecule is COc1c(C)cc(COCC(=O)NN)cc1C. The molecule has 1 rings (SSSR count). The minimum absolute atomic E-state index is 0.0410. The van der Waals surface area contributed by atoms with Crippen LogP contribution in [-0.2, 0) is 16.1 Å². The van der Waals surface area contributed by atoms with Crippen molar-refractivity contribution >= 4 is 5.91 Å². The van der Waals surface area contributed by atoms with Crippen LogP contribution in [0.5, 0.6) is 5.75 Å². The van der Waals surface area contributed by atoms with Crippen LogP contribution in [0.25, 0.3) is 0 Å². The molecule has 0 saturated carbocycles. The Morgan fingerprint density at radius 3 is 2.41 bits per heavy atom. The lowest BCUT2D eigenvalue weighted by Gasteiger charge is -2.11. The standard InChI is InChI=1S/C12H18N2O3/c1-8-4-10(5-9(2)12(8)16-3)6-17-7-11(15)14-13/h4-5H,6-7,13H2,1-3H3,(H,14,15). The zero-order chi connectivity index (χ0) is 12.8. The molecule has 3 N–H and O–H groups in total. The van der Waals surface area contributed by atoms with Crippen LogP contribution in [0.15, 0.2) is 12.1 Å². The van der Waals surface area contributed by atoms with Crippen molar-refractivity contribution in [2.75, 3.05) is 13.7 Å². The molecule has 0 aliphatic rings. The molecule has 1 aromatic rings. The van der Waals surface area contributed by atoms with E-state index in [0.717, 1.165) is 22.4 Å². The number of carbonyl (C=O) groups excluding carboxylic acids is 1. The fraction of sp³-hybridized carbons (Fsp3) is 0.417. The number of ether oxygens (including phenoxy) is 2. The Labute approximate surface area is 101 Å². The number of rotatable bonds is 5. The molecular formula is C12H18N2O3. The largest absolute Gasteiger partial charge is 0.496 e. The molecule has 0 saturated heterocycles. The number of carbonyl (C=O) groups is 1. The highest BCUT2D eigenvalue weighted by Gasteiger charge is 2.06. The van der Waals surface area contributed by atoms with E-state index in [2.05, 4.69) is 0 Å². The highest BCUT2D eigenvalue weighted by molar-refractivity contribution is 5.76. The molecule has 1 amide bonds. The molecule has 5 nitrogen and oxygen atoms in total.